The van der Waals surface area contributed by atoms with E-state index < -0.39 is 30.3 Å². The lowest BCUT2D eigenvalue weighted by Gasteiger charge is -2.13. The van der Waals surface area contributed by atoms with E-state index in [0.717, 1.165) is 4.90 Å². The summed E-state index contributed by atoms with van der Waals surface area (Å²) in [5.41, 5.74) is 0.942. The number of imide groups is 2. The maximum absolute atomic E-state index is 12.2. The summed E-state index contributed by atoms with van der Waals surface area (Å²) < 4.78 is 5.01. The number of methoxy groups -OCH3 is 1. The van der Waals surface area contributed by atoms with Gasteiger partial charge in [-0.05, 0) is 36.4 Å². The molecule has 0 fully saturated rings. The van der Waals surface area contributed by atoms with Crippen molar-refractivity contribution in [2.24, 2.45) is 0 Å². The second-order valence-electron chi connectivity index (χ2n) is 5.47. The van der Waals surface area contributed by atoms with Gasteiger partial charge in [0.1, 0.15) is 12.3 Å². The van der Waals surface area contributed by atoms with Crippen LogP contribution in [0.3, 0.4) is 0 Å². The summed E-state index contributed by atoms with van der Waals surface area (Å²) in [6.45, 7) is -0.539. The highest BCUT2D eigenvalue weighted by atomic mass is 16.5. The van der Waals surface area contributed by atoms with Crippen molar-refractivity contribution in [1.29, 1.82) is 0 Å². The molecule has 2 aromatic rings. The third-order valence-electron chi connectivity index (χ3n) is 3.78. The largest absolute Gasteiger partial charge is 0.497 e. The molecule has 26 heavy (non-hydrogen) atoms. The lowest BCUT2D eigenvalue weighted by atomic mass is 10.1. The fraction of sp³-hybridized carbons (Fsp3) is 0.111. The van der Waals surface area contributed by atoms with Gasteiger partial charge in [0.2, 0.25) is 5.91 Å². The highest BCUT2D eigenvalue weighted by molar-refractivity contribution is 6.22. The van der Waals surface area contributed by atoms with Crippen LogP contribution < -0.4 is 15.4 Å². The molecule has 0 atom stereocenters. The van der Waals surface area contributed by atoms with Crippen LogP contribution in [0.4, 0.5) is 10.5 Å². The molecule has 132 valence electrons. The number of anilines is 1. The van der Waals surface area contributed by atoms with Crippen LogP contribution in [0.15, 0.2) is 48.5 Å². The minimum Gasteiger partial charge on any atom is -0.497 e. The number of carbonyl (C=O) groups excluding carboxylic acids is 4. The zero-order chi connectivity index (χ0) is 18.7. The molecule has 0 radical (unpaired) electrons. The van der Waals surface area contributed by atoms with Crippen LogP contribution in [0.5, 0.6) is 5.75 Å². The lowest BCUT2D eigenvalue weighted by molar-refractivity contribution is -0.120. The molecule has 0 aromatic heterocycles. The van der Waals surface area contributed by atoms with Gasteiger partial charge in [-0.3, -0.25) is 24.6 Å². The zero-order valence-corrected chi connectivity index (χ0v) is 13.8. The van der Waals surface area contributed by atoms with E-state index in [-0.39, 0.29) is 11.1 Å². The van der Waals surface area contributed by atoms with Crippen LogP contribution in [0, 0.1) is 0 Å². The van der Waals surface area contributed by atoms with E-state index in [2.05, 4.69) is 10.6 Å². The number of hydrogen-bond donors (Lipinski definition) is 2. The molecule has 1 heterocycles. The second-order valence-corrected chi connectivity index (χ2v) is 5.47. The number of nitrogens with one attached hydrogen (secondary N) is 2. The standard InChI is InChI=1S/C18H15N3O5/c1-26-12-8-6-11(7-9-12)19-18(25)20-15(22)10-21-16(23)13-4-2-3-5-14(13)17(21)24/h2-9H,10H2,1H3,(H2,19,20,22,25). The van der Waals surface area contributed by atoms with Crippen molar-refractivity contribution in [3.8, 4) is 5.75 Å². The van der Waals surface area contributed by atoms with Crippen LogP contribution in [0.25, 0.3) is 0 Å². The molecule has 0 saturated carbocycles. The lowest BCUT2D eigenvalue weighted by Crippen LogP contribution is -2.43. The first-order valence-electron chi connectivity index (χ1n) is 7.69. The first-order chi connectivity index (χ1) is 12.5. The molecule has 5 amide bonds. The van der Waals surface area contributed by atoms with Gasteiger partial charge in [-0.15, -0.1) is 0 Å². The molecule has 0 bridgehead atoms. The SMILES string of the molecule is COc1ccc(NC(=O)NC(=O)CN2C(=O)c3ccccc3C2=O)cc1. The fourth-order valence-electron chi connectivity index (χ4n) is 2.53. The van der Waals surface area contributed by atoms with Crippen molar-refractivity contribution in [3.63, 3.8) is 0 Å². The fourth-order valence-corrected chi connectivity index (χ4v) is 2.53. The predicted molar refractivity (Wildman–Crippen MR) is 92.0 cm³/mol. The van der Waals surface area contributed by atoms with Crippen molar-refractivity contribution in [2.45, 2.75) is 0 Å². The maximum Gasteiger partial charge on any atom is 0.325 e. The Morgan fingerprint density at radius 3 is 2.08 bits per heavy atom. The summed E-state index contributed by atoms with van der Waals surface area (Å²) in [5, 5.41) is 4.56. The number of carbonyl (C=O) groups is 4. The molecule has 1 aliphatic rings. The number of nitrogens with zero attached hydrogens (tertiary/aromatic N) is 1. The Morgan fingerprint density at radius 1 is 0.962 bits per heavy atom. The summed E-state index contributed by atoms with van der Waals surface area (Å²) in [6, 6.07) is 12.0. The van der Waals surface area contributed by atoms with Crippen molar-refractivity contribution >= 4 is 29.4 Å². The van der Waals surface area contributed by atoms with Crippen molar-refractivity contribution in [2.75, 3.05) is 19.0 Å². The molecule has 8 heteroatoms. The van der Waals surface area contributed by atoms with E-state index in [9.17, 15) is 19.2 Å². The Balaban J connectivity index is 1.58. The maximum atomic E-state index is 12.2. The van der Waals surface area contributed by atoms with E-state index in [4.69, 9.17) is 4.74 Å². The second kappa shape index (κ2) is 7.06. The monoisotopic (exact) mass is 353 g/mol. The van der Waals surface area contributed by atoms with Gasteiger partial charge in [0.05, 0.1) is 18.2 Å². The van der Waals surface area contributed by atoms with Gasteiger partial charge in [-0.25, -0.2) is 4.79 Å². The summed E-state index contributed by atoms with van der Waals surface area (Å²) in [5.74, 6) is -1.27. The van der Waals surface area contributed by atoms with Crippen LogP contribution in [0.1, 0.15) is 20.7 Å². The Labute approximate surface area is 148 Å². The van der Waals surface area contributed by atoms with Crippen molar-refractivity contribution in [1.82, 2.24) is 10.2 Å². The number of urea groups is 1. The third-order valence-corrected chi connectivity index (χ3v) is 3.78. The average Bonchev–Trinajstić information content (AvgIpc) is 2.87. The number of benzene rings is 2. The highest BCUT2D eigenvalue weighted by Gasteiger charge is 2.36. The van der Waals surface area contributed by atoms with E-state index in [0.29, 0.717) is 11.4 Å². The van der Waals surface area contributed by atoms with Gasteiger partial charge >= 0.3 is 6.03 Å². The molecule has 1 aliphatic heterocycles. The first kappa shape index (κ1) is 17.2. The van der Waals surface area contributed by atoms with Gasteiger partial charge in [0.15, 0.2) is 0 Å². The highest BCUT2D eigenvalue weighted by Crippen LogP contribution is 2.21. The quantitative estimate of drug-likeness (QED) is 0.813. The van der Waals surface area contributed by atoms with E-state index in [1.807, 2.05) is 0 Å². The Morgan fingerprint density at radius 2 is 1.54 bits per heavy atom. The number of ether oxygens (including phenoxy) is 1. The third kappa shape index (κ3) is 3.39. The van der Waals surface area contributed by atoms with E-state index in [1.165, 1.54) is 19.2 Å². The number of fused-ring (bicyclic) bond motifs is 1. The minimum absolute atomic E-state index is 0.244. The molecule has 0 unspecified atom stereocenters. The summed E-state index contributed by atoms with van der Waals surface area (Å²) in [4.78, 5) is 49.1. The number of rotatable bonds is 4. The van der Waals surface area contributed by atoms with Gasteiger partial charge in [0.25, 0.3) is 11.8 Å². The molecule has 8 nitrogen and oxygen atoms in total. The molecule has 2 aromatic carbocycles. The van der Waals surface area contributed by atoms with Crippen LogP contribution in [0.2, 0.25) is 0 Å². The zero-order valence-electron chi connectivity index (χ0n) is 13.8. The smallest absolute Gasteiger partial charge is 0.325 e. The molecule has 2 N–H and O–H groups in total. The summed E-state index contributed by atoms with van der Waals surface area (Å²) >= 11 is 0. The molecule has 0 aliphatic carbocycles. The van der Waals surface area contributed by atoms with Crippen LogP contribution in [-0.2, 0) is 4.79 Å². The van der Waals surface area contributed by atoms with Crippen molar-refractivity contribution < 1.29 is 23.9 Å². The summed E-state index contributed by atoms with van der Waals surface area (Å²) in [6.07, 6.45) is 0. The summed E-state index contributed by atoms with van der Waals surface area (Å²) in [7, 11) is 1.52. The van der Waals surface area contributed by atoms with Gasteiger partial charge < -0.3 is 10.1 Å². The molecular formula is C18H15N3O5. The first-order valence-corrected chi connectivity index (χ1v) is 7.69. The minimum atomic E-state index is -0.773. The Kier molecular flexibility index (Phi) is 4.66. The molecule has 3 rings (SSSR count). The average molecular weight is 353 g/mol. The van der Waals surface area contributed by atoms with Gasteiger partial charge in [-0.1, -0.05) is 12.1 Å². The van der Waals surface area contributed by atoms with Gasteiger partial charge in [0, 0.05) is 5.69 Å². The van der Waals surface area contributed by atoms with Gasteiger partial charge in [-0.2, -0.15) is 0 Å². The van der Waals surface area contributed by atoms with Crippen molar-refractivity contribution in [3.05, 3.63) is 59.7 Å². The van der Waals surface area contributed by atoms with E-state index in [1.54, 1.807) is 36.4 Å². The number of amides is 5. The Bertz CT molecular complexity index is 857. The van der Waals surface area contributed by atoms with E-state index >= 15 is 0 Å². The number of hydrogen-bond acceptors (Lipinski definition) is 5. The molecule has 0 saturated heterocycles. The predicted octanol–water partition coefficient (Wildman–Crippen LogP) is 1.64. The Hall–Kier alpha value is -3.68. The normalized spacial score (nSPS) is 12.6. The molecular weight excluding hydrogens is 338 g/mol. The molecule has 0 spiro atoms. The topological polar surface area (TPSA) is 105 Å². The van der Waals surface area contributed by atoms with Crippen LogP contribution >= 0.6 is 0 Å². The van der Waals surface area contributed by atoms with Crippen LogP contribution in [-0.4, -0.2) is 42.3 Å².